The van der Waals surface area contributed by atoms with E-state index in [1.165, 1.54) is 35.9 Å². The molecule has 0 unspecified atom stereocenters. The van der Waals surface area contributed by atoms with Crippen LogP contribution in [0.25, 0.3) is 10.9 Å². The van der Waals surface area contributed by atoms with E-state index < -0.39 is 0 Å². The zero-order chi connectivity index (χ0) is 10.4. The number of nitrogens with one attached hydrogen (secondary N) is 1. The Bertz CT molecular complexity index is 505. The molecule has 0 bridgehead atoms. The molecule has 0 saturated carbocycles. The van der Waals surface area contributed by atoms with Crippen LogP contribution in [0, 0.1) is 0 Å². The second-order valence-corrected chi connectivity index (χ2v) is 4.90. The minimum atomic E-state index is 0.592. The van der Waals surface area contributed by atoms with Gasteiger partial charge in [-0.2, -0.15) is 0 Å². The normalized spacial score (nSPS) is 15.1. The van der Waals surface area contributed by atoms with Crippen LogP contribution in [0.3, 0.4) is 0 Å². The minimum Gasteiger partial charge on any atom is -0.358 e. The number of aryl methyl sites for hydroxylation is 2. The number of aromatic amines is 1. The highest BCUT2D eigenvalue weighted by atomic mass is 14.7. The van der Waals surface area contributed by atoms with Crippen molar-refractivity contribution in [3.63, 3.8) is 0 Å². The van der Waals surface area contributed by atoms with E-state index in [1.807, 2.05) is 0 Å². The van der Waals surface area contributed by atoms with Crippen molar-refractivity contribution in [1.29, 1.82) is 0 Å². The molecule has 3 rings (SSSR count). The van der Waals surface area contributed by atoms with E-state index >= 15 is 0 Å². The van der Waals surface area contributed by atoms with Crippen molar-refractivity contribution in [3.05, 3.63) is 35.0 Å². The lowest BCUT2D eigenvalue weighted by Gasteiger charge is -1.99. The van der Waals surface area contributed by atoms with Gasteiger partial charge in [-0.1, -0.05) is 19.9 Å². The first-order chi connectivity index (χ1) is 7.25. The number of hydrogen-bond acceptors (Lipinski definition) is 0. The lowest BCUT2D eigenvalue weighted by atomic mass is 10.0. The Morgan fingerprint density at radius 1 is 1.20 bits per heavy atom. The maximum atomic E-state index is 3.52. The summed E-state index contributed by atoms with van der Waals surface area (Å²) < 4.78 is 0. The first-order valence-corrected chi connectivity index (χ1v) is 5.89. The van der Waals surface area contributed by atoms with Crippen LogP contribution in [0.1, 0.15) is 43.0 Å². The summed E-state index contributed by atoms with van der Waals surface area (Å²) in [6.45, 7) is 4.48. The molecule has 1 aliphatic carbocycles. The summed E-state index contributed by atoms with van der Waals surface area (Å²) in [6.07, 6.45) is 3.87. The van der Waals surface area contributed by atoms with Crippen molar-refractivity contribution in [2.45, 2.75) is 39.0 Å². The van der Waals surface area contributed by atoms with Gasteiger partial charge in [-0.25, -0.2) is 0 Å². The predicted octanol–water partition coefficient (Wildman–Crippen LogP) is 3.78. The lowest BCUT2D eigenvalue weighted by molar-refractivity contribution is 0.836. The van der Waals surface area contributed by atoms with Gasteiger partial charge in [0.1, 0.15) is 0 Å². The van der Waals surface area contributed by atoms with E-state index in [0.717, 1.165) is 0 Å². The van der Waals surface area contributed by atoms with Crippen LogP contribution in [0.2, 0.25) is 0 Å². The Labute approximate surface area is 90.5 Å². The number of hydrogen-bond donors (Lipinski definition) is 1. The zero-order valence-electron chi connectivity index (χ0n) is 9.43. The van der Waals surface area contributed by atoms with E-state index in [-0.39, 0.29) is 0 Å². The molecule has 0 saturated heterocycles. The summed E-state index contributed by atoms with van der Waals surface area (Å²) in [7, 11) is 0. The summed E-state index contributed by atoms with van der Waals surface area (Å²) in [4.78, 5) is 3.52. The van der Waals surface area contributed by atoms with Crippen LogP contribution in [0.15, 0.2) is 18.2 Å². The van der Waals surface area contributed by atoms with Gasteiger partial charge in [0.05, 0.1) is 0 Å². The number of benzene rings is 1. The van der Waals surface area contributed by atoms with Gasteiger partial charge in [-0.15, -0.1) is 0 Å². The monoisotopic (exact) mass is 199 g/mol. The fourth-order valence-corrected chi connectivity index (χ4v) is 2.63. The zero-order valence-corrected chi connectivity index (χ0v) is 9.43. The van der Waals surface area contributed by atoms with Gasteiger partial charge in [-0.05, 0) is 48.4 Å². The molecule has 1 heteroatoms. The molecule has 1 aliphatic rings. The molecule has 15 heavy (non-hydrogen) atoms. The van der Waals surface area contributed by atoms with E-state index in [1.54, 1.807) is 11.1 Å². The summed E-state index contributed by atoms with van der Waals surface area (Å²) in [5, 5.41) is 1.47. The largest absolute Gasteiger partial charge is 0.358 e. The summed E-state index contributed by atoms with van der Waals surface area (Å²) >= 11 is 0. The van der Waals surface area contributed by atoms with E-state index in [0.29, 0.717) is 5.92 Å². The van der Waals surface area contributed by atoms with Crippen LogP contribution in [-0.2, 0) is 12.8 Å². The molecule has 0 spiro atoms. The molecule has 2 aromatic rings. The minimum absolute atomic E-state index is 0.592. The third-order valence-corrected chi connectivity index (χ3v) is 3.53. The molecule has 1 N–H and O–H groups in total. The molecule has 0 aliphatic heterocycles. The molecule has 0 atom stereocenters. The molecule has 1 aromatic heterocycles. The van der Waals surface area contributed by atoms with Crippen molar-refractivity contribution >= 4 is 10.9 Å². The standard InChI is InChI=1S/C14H17N/c1-9(2)14-8-12-11-5-3-4-10(11)6-7-13(12)15-14/h6-9,15H,3-5H2,1-2H3. The molecule has 0 fully saturated rings. The Morgan fingerprint density at radius 2 is 2.07 bits per heavy atom. The van der Waals surface area contributed by atoms with Crippen LogP contribution >= 0.6 is 0 Å². The molecule has 1 nitrogen and oxygen atoms in total. The van der Waals surface area contributed by atoms with Gasteiger partial charge < -0.3 is 4.98 Å². The highest BCUT2D eigenvalue weighted by Gasteiger charge is 2.15. The summed E-state index contributed by atoms with van der Waals surface area (Å²) in [6, 6.07) is 6.89. The third-order valence-electron chi connectivity index (χ3n) is 3.53. The molecule has 78 valence electrons. The highest BCUT2D eigenvalue weighted by Crippen LogP contribution is 2.31. The van der Waals surface area contributed by atoms with Crippen LogP contribution in [-0.4, -0.2) is 4.98 Å². The van der Waals surface area contributed by atoms with Gasteiger partial charge in [0, 0.05) is 16.6 Å². The summed E-state index contributed by atoms with van der Waals surface area (Å²) in [5.74, 6) is 0.592. The van der Waals surface area contributed by atoms with Gasteiger partial charge in [0.2, 0.25) is 0 Å². The van der Waals surface area contributed by atoms with Gasteiger partial charge in [-0.3, -0.25) is 0 Å². The second-order valence-electron chi connectivity index (χ2n) is 4.90. The highest BCUT2D eigenvalue weighted by molar-refractivity contribution is 5.85. The van der Waals surface area contributed by atoms with Crippen molar-refractivity contribution in [2.75, 3.05) is 0 Å². The van der Waals surface area contributed by atoms with E-state index in [9.17, 15) is 0 Å². The Hall–Kier alpha value is -1.24. The average Bonchev–Trinajstić information content (AvgIpc) is 2.82. The topological polar surface area (TPSA) is 15.8 Å². The molecule has 1 heterocycles. The summed E-state index contributed by atoms with van der Waals surface area (Å²) in [5.41, 5.74) is 5.84. The Kier molecular flexibility index (Phi) is 1.88. The van der Waals surface area contributed by atoms with Crippen molar-refractivity contribution in [1.82, 2.24) is 4.98 Å². The Balaban J connectivity index is 2.27. The second kappa shape index (κ2) is 3.13. The van der Waals surface area contributed by atoms with E-state index in [2.05, 4.69) is 37.0 Å². The van der Waals surface area contributed by atoms with Gasteiger partial charge in [0.15, 0.2) is 0 Å². The van der Waals surface area contributed by atoms with Crippen molar-refractivity contribution in [3.8, 4) is 0 Å². The fraction of sp³-hybridized carbons (Fsp3) is 0.429. The molecule has 0 amide bonds. The van der Waals surface area contributed by atoms with Crippen LogP contribution in [0.4, 0.5) is 0 Å². The predicted molar refractivity (Wildman–Crippen MR) is 64.4 cm³/mol. The Morgan fingerprint density at radius 3 is 2.87 bits per heavy atom. The quantitative estimate of drug-likeness (QED) is 0.719. The number of fused-ring (bicyclic) bond motifs is 3. The van der Waals surface area contributed by atoms with Gasteiger partial charge >= 0.3 is 0 Å². The van der Waals surface area contributed by atoms with E-state index in [4.69, 9.17) is 0 Å². The molecular formula is C14H17N. The van der Waals surface area contributed by atoms with Crippen molar-refractivity contribution in [2.24, 2.45) is 0 Å². The maximum absolute atomic E-state index is 3.52. The average molecular weight is 199 g/mol. The third kappa shape index (κ3) is 1.30. The fourth-order valence-electron chi connectivity index (χ4n) is 2.63. The smallest absolute Gasteiger partial charge is 0.0459 e. The first-order valence-electron chi connectivity index (χ1n) is 5.89. The molecule has 0 radical (unpaired) electrons. The van der Waals surface area contributed by atoms with Crippen LogP contribution < -0.4 is 0 Å². The van der Waals surface area contributed by atoms with Crippen LogP contribution in [0.5, 0.6) is 0 Å². The number of aromatic nitrogens is 1. The first kappa shape index (κ1) is 9.02. The maximum Gasteiger partial charge on any atom is 0.0459 e. The number of H-pyrrole nitrogens is 1. The number of rotatable bonds is 1. The van der Waals surface area contributed by atoms with Crippen molar-refractivity contribution < 1.29 is 0 Å². The van der Waals surface area contributed by atoms with Gasteiger partial charge in [0.25, 0.3) is 0 Å². The molecular weight excluding hydrogens is 182 g/mol. The molecule has 1 aromatic carbocycles. The SMILES string of the molecule is CC(C)c1cc2c3c(ccc2[nH]1)CCC3. The lowest BCUT2D eigenvalue weighted by Crippen LogP contribution is -1.84.